The number of carbonyl (C=O) groups excluding carboxylic acids is 1. The Hall–Kier alpha value is -2.38. The van der Waals surface area contributed by atoms with Crippen molar-refractivity contribution in [3.8, 4) is 0 Å². The van der Waals surface area contributed by atoms with Gasteiger partial charge in [0.1, 0.15) is 0 Å². The Morgan fingerprint density at radius 2 is 1.63 bits per heavy atom. The third-order valence-electron chi connectivity index (χ3n) is 5.99. The van der Waals surface area contributed by atoms with Gasteiger partial charge >= 0.3 is 0 Å². The van der Waals surface area contributed by atoms with Gasteiger partial charge in [-0.2, -0.15) is 0 Å². The summed E-state index contributed by atoms with van der Waals surface area (Å²) in [5, 5.41) is 10.3. The highest BCUT2D eigenvalue weighted by Crippen LogP contribution is 2.28. The van der Waals surface area contributed by atoms with Crippen molar-refractivity contribution in [2.75, 3.05) is 18.4 Å². The van der Waals surface area contributed by atoms with Crippen LogP contribution in [-0.4, -0.2) is 50.6 Å². The van der Waals surface area contributed by atoms with Crippen molar-refractivity contribution in [2.45, 2.75) is 56.6 Å². The number of hydrogen-bond donors (Lipinski definition) is 1. The molecule has 1 aliphatic carbocycles. The molecule has 1 fully saturated rings. The molecule has 1 saturated carbocycles. The van der Waals surface area contributed by atoms with Gasteiger partial charge in [-0.25, -0.2) is 8.42 Å². The zero-order chi connectivity index (χ0) is 22.1. The first-order chi connectivity index (χ1) is 14.1. The van der Waals surface area contributed by atoms with E-state index < -0.39 is 16.1 Å². The smallest absolute Gasteiger partial charge is 0.264 e. The van der Waals surface area contributed by atoms with Crippen molar-refractivity contribution in [1.82, 2.24) is 4.90 Å². The largest absolute Gasteiger partial charge is 0.391 e. The summed E-state index contributed by atoms with van der Waals surface area (Å²) in [7, 11) is -0.552. The third kappa shape index (κ3) is 4.37. The highest BCUT2D eigenvalue weighted by atomic mass is 32.2. The Kier molecular flexibility index (Phi) is 6.53. The quantitative estimate of drug-likeness (QED) is 0.788. The standard InChI is InChI=1S/C23H30N2O4S/c1-16-9-13-19(14-10-16)30(28,29)25(4)21-15-18(12-11-17(21)2)23(27)24(3)20-7-5-6-8-22(20)26/h9-15,20,22,26H,5-8H2,1-4H3/t20-,22-/m1/s1. The maximum absolute atomic E-state index is 13.1. The summed E-state index contributed by atoms with van der Waals surface area (Å²) < 4.78 is 27.4. The van der Waals surface area contributed by atoms with Crippen molar-refractivity contribution < 1.29 is 18.3 Å². The van der Waals surface area contributed by atoms with Crippen LogP contribution in [0.2, 0.25) is 0 Å². The molecule has 2 aromatic carbocycles. The van der Waals surface area contributed by atoms with Crippen LogP contribution < -0.4 is 4.31 Å². The molecule has 6 nitrogen and oxygen atoms in total. The molecule has 1 aliphatic rings. The van der Waals surface area contributed by atoms with Crippen molar-refractivity contribution >= 4 is 21.6 Å². The number of likely N-dealkylation sites (N-methyl/N-ethyl adjacent to an activating group) is 1. The van der Waals surface area contributed by atoms with E-state index in [0.29, 0.717) is 17.7 Å². The molecule has 7 heteroatoms. The maximum atomic E-state index is 13.1. The predicted octanol–water partition coefficient (Wildman–Crippen LogP) is 3.50. The number of rotatable bonds is 5. The van der Waals surface area contributed by atoms with Crippen LogP contribution in [0.1, 0.15) is 47.2 Å². The first-order valence-electron chi connectivity index (χ1n) is 10.2. The van der Waals surface area contributed by atoms with Crippen LogP contribution in [-0.2, 0) is 10.0 Å². The molecule has 0 radical (unpaired) electrons. The second-order valence-electron chi connectivity index (χ2n) is 8.12. The van der Waals surface area contributed by atoms with E-state index in [1.54, 1.807) is 54.4 Å². The molecule has 162 valence electrons. The zero-order valence-corrected chi connectivity index (χ0v) is 18.8. The van der Waals surface area contributed by atoms with Gasteiger partial charge in [0.25, 0.3) is 15.9 Å². The van der Waals surface area contributed by atoms with Crippen LogP contribution in [0, 0.1) is 13.8 Å². The minimum atomic E-state index is -3.75. The van der Waals surface area contributed by atoms with E-state index in [4.69, 9.17) is 0 Å². The van der Waals surface area contributed by atoms with Gasteiger partial charge in [-0.1, -0.05) is 36.6 Å². The normalized spacial score (nSPS) is 19.4. The number of aliphatic hydroxyl groups excluding tert-OH is 1. The molecule has 0 saturated heterocycles. The molecule has 2 aromatic rings. The number of benzene rings is 2. The molecule has 30 heavy (non-hydrogen) atoms. The molecule has 2 atom stereocenters. The van der Waals surface area contributed by atoms with Gasteiger partial charge in [-0.05, 0) is 56.5 Å². The lowest BCUT2D eigenvalue weighted by Gasteiger charge is -2.35. The van der Waals surface area contributed by atoms with Gasteiger partial charge in [-0.3, -0.25) is 9.10 Å². The SMILES string of the molecule is Cc1ccc(S(=O)(=O)N(C)c2cc(C(=O)N(C)[C@@H]3CCCC[C@H]3O)ccc2C)cc1. The number of aliphatic hydroxyl groups is 1. The minimum absolute atomic E-state index is 0.203. The van der Waals surface area contributed by atoms with E-state index in [1.807, 2.05) is 13.8 Å². The van der Waals surface area contributed by atoms with Crippen LogP contribution in [0.5, 0.6) is 0 Å². The van der Waals surface area contributed by atoms with Crippen molar-refractivity contribution in [1.29, 1.82) is 0 Å². The highest BCUT2D eigenvalue weighted by molar-refractivity contribution is 7.92. The molecule has 0 bridgehead atoms. The Morgan fingerprint density at radius 1 is 1.00 bits per heavy atom. The molecule has 1 amide bonds. The Labute approximate surface area is 179 Å². The van der Waals surface area contributed by atoms with Crippen molar-refractivity contribution in [3.05, 3.63) is 59.2 Å². The van der Waals surface area contributed by atoms with Crippen molar-refractivity contribution in [3.63, 3.8) is 0 Å². The molecular formula is C23H30N2O4S. The Bertz CT molecular complexity index is 1020. The van der Waals surface area contributed by atoms with Gasteiger partial charge < -0.3 is 10.0 Å². The monoisotopic (exact) mass is 430 g/mol. The second kappa shape index (κ2) is 8.78. The molecule has 0 unspecified atom stereocenters. The summed E-state index contributed by atoms with van der Waals surface area (Å²) in [6, 6.07) is 11.6. The van der Waals surface area contributed by atoms with E-state index in [1.165, 1.54) is 11.4 Å². The van der Waals surface area contributed by atoms with E-state index in [0.717, 1.165) is 30.4 Å². The Balaban J connectivity index is 1.91. The summed E-state index contributed by atoms with van der Waals surface area (Å²) in [6.45, 7) is 3.72. The number of nitrogens with zero attached hydrogens (tertiary/aromatic N) is 2. The number of carbonyl (C=O) groups is 1. The first-order valence-corrected chi connectivity index (χ1v) is 11.7. The molecule has 0 aromatic heterocycles. The summed E-state index contributed by atoms with van der Waals surface area (Å²) >= 11 is 0. The van der Waals surface area contributed by atoms with Gasteiger partial charge in [0, 0.05) is 19.7 Å². The fourth-order valence-corrected chi connectivity index (χ4v) is 5.23. The zero-order valence-electron chi connectivity index (χ0n) is 18.0. The number of aryl methyl sites for hydroxylation is 2. The molecule has 0 spiro atoms. The van der Waals surface area contributed by atoms with Crippen LogP contribution in [0.15, 0.2) is 47.4 Å². The number of anilines is 1. The lowest BCUT2D eigenvalue weighted by atomic mass is 9.91. The van der Waals surface area contributed by atoms with Crippen LogP contribution in [0.25, 0.3) is 0 Å². The second-order valence-corrected chi connectivity index (χ2v) is 10.1. The summed E-state index contributed by atoms with van der Waals surface area (Å²) in [5.74, 6) is -0.219. The molecular weight excluding hydrogens is 400 g/mol. The van der Waals surface area contributed by atoms with Gasteiger partial charge in [-0.15, -0.1) is 0 Å². The summed E-state index contributed by atoms with van der Waals surface area (Å²) in [5.41, 5.74) is 2.60. The minimum Gasteiger partial charge on any atom is -0.391 e. The maximum Gasteiger partial charge on any atom is 0.264 e. The average Bonchev–Trinajstić information content (AvgIpc) is 2.73. The molecule has 0 heterocycles. The van der Waals surface area contributed by atoms with E-state index in [9.17, 15) is 18.3 Å². The fraction of sp³-hybridized carbons (Fsp3) is 0.435. The van der Waals surface area contributed by atoms with Crippen molar-refractivity contribution in [2.24, 2.45) is 0 Å². The molecule has 3 rings (SSSR count). The molecule has 1 N–H and O–H groups in total. The van der Waals surface area contributed by atoms with Crippen LogP contribution >= 0.6 is 0 Å². The number of hydrogen-bond acceptors (Lipinski definition) is 4. The highest BCUT2D eigenvalue weighted by Gasteiger charge is 2.30. The number of sulfonamides is 1. The summed E-state index contributed by atoms with van der Waals surface area (Å²) in [4.78, 5) is 14.9. The fourth-order valence-electron chi connectivity index (χ4n) is 3.98. The lowest BCUT2D eigenvalue weighted by molar-refractivity contribution is 0.0268. The van der Waals surface area contributed by atoms with E-state index >= 15 is 0 Å². The average molecular weight is 431 g/mol. The van der Waals surface area contributed by atoms with Gasteiger partial charge in [0.2, 0.25) is 0 Å². The summed E-state index contributed by atoms with van der Waals surface area (Å²) in [6.07, 6.45) is 2.89. The van der Waals surface area contributed by atoms with Crippen LogP contribution in [0.3, 0.4) is 0 Å². The Morgan fingerprint density at radius 3 is 2.27 bits per heavy atom. The topological polar surface area (TPSA) is 77.9 Å². The first kappa shape index (κ1) is 22.3. The van der Waals surface area contributed by atoms with Gasteiger partial charge in [0.15, 0.2) is 0 Å². The molecule has 0 aliphatic heterocycles. The van der Waals surface area contributed by atoms with E-state index in [2.05, 4.69) is 0 Å². The lowest BCUT2D eigenvalue weighted by Crippen LogP contribution is -2.46. The van der Waals surface area contributed by atoms with Gasteiger partial charge in [0.05, 0.1) is 22.7 Å². The predicted molar refractivity (Wildman–Crippen MR) is 118 cm³/mol. The number of amides is 1. The third-order valence-corrected chi connectivity index (χ3v) is 7.77. The van der Waals surface area contributed by atoms with E-state index in [-0.39, 0.29) is 16.8 Å². The van der Waals surface area contributed by atoms with Crippen LogP contribution in [0.4, 0.5) is 5.69 Å².